The van der Waals surface area contributed by atoms with Gasteiger partial charge in [0.25, 0.3) is 0 Å². The fourth-order valence-electron chi connectivity index (χ4n) is 4.30. The molecule has 1 aromatic carbocycles. The highest BCUT2D eigenvalue weighted by Crippen LogP contribution is 2.49. The Bertz CT molecular complexity index is 765. The second kappa shape index (κ2) is 8.12. The molecule has 140 valence electrons. The monoisotopic (exact) mass is 480 g/mol. The van der Waals surface area contributed by atoms with Gasteiger partial charge in [-0.25, -0.2) is 0 Å². The number of fused-ring (bicyclic) bond motifs is 3. The van der Waals surface area contributed by atoms with Gasteiger partial charge in [0.2, 0.25) is 0 Å². The van der Waals surface area contributed by atoms with Crippen molar-refractivity contribution < 1.29 is 9.90 Å². The van der Waals surface area contributed by atoms with E-state index in [9.17, 15) is 9.90 Å². The van der Waals surface area contributed by atoms with E-state index in [4.69, 9.17) is 0 Å². The van der Waals surface area contributed by atoms with Crippen molar-refractivity contribution in [3.05, 3.63) is 56.0 Å². The van der Waals surface area contributed by atoms with Crippen LogP contribution in [0, 0.1) is 5.92 Å². The molecule has 0 amide bonds. The van der Waals surface area contributed by atoms with Gasteiger partial charge < -0.3 is 5.11 Å². The van der Waals surface area contributed by atoms with Crippen LogP contribution in [0.4, 0.5) is 0 Å². The van der Waals surface area contributed by atoms with E-state index in [0.717, 1.165) is 57.8 Å². The average Bonchev–Trinajstić information content (AvgIpc) is 2.63. The van der Waals surface area contributed by atoms with Gasteiger partial charge in [-0.05, 0) is 48.1 Å². The van der Waals surface area contributed by atoms with Gasteiger partial charge in [0, 0.05) is 20.4 Å². The van der Waals surface area contributed by atoms with Crippen LogP contribution in [0.3, 0.4) is 0 Å². The van der Waals surface area contributed by atoms with Crippen molar-refractivity contribution in [2.24, 2.45) is 5.92 Å². The summed E-state index contributed by atoms with van der Waals surface area (Å²) in [5.74, 6) is 0.270. The summed E-state index contributed by atoms with van der Waals surface area (Å²) in [5, 5.41) is 11.7. The van der Waals surface area contributed by atoms with Crippen LogP contribution in [0.25, 0.3) is 0 Å². The van der Waals surface area contributed by atoms with E-state index in [1.165, 1.54) is 0 Å². The predicted octanol–water partition coefficient (Wildman–Crippen LogP) is 6.52. The summed E-state index contributed by atoms with van der Waals surface area (Å²) >= 11 is 7.04. The van der Waals surface area contributed by atoms with Crippen molar-refractivity contribution in [1.29, 1.82) is 0 Å². The second-order valence-electron chi connectivity index (χ2n) is 7.52. The molecule has 0 aromatic heterocycles. The van der Waals surface area contributed by atoms with Crippen molar-refractivity contribution in [3.8, 4) is 0 Å². The van der Waals surface area contributed by atoms with E-state index in [1.807, 2.05) is 18.2 Å². The molecule has 0 bridgehead atoms. The topological polar surface area (TPSA) is 37.3 Å². The largest absolute Gasteiger partial charge is 0.377 e. The lowest BCUT2D eigenvalue weighted by atomic mass is 9.65. The fourth-order valence-corrected chi connectivity index (χ4v) is 5.09. The third-order valence-corrected chi connectivity index (χ3v) is 6.86. The zero-order valence-electron chi connectivity index (χ0n) is 15.4. The number of ketones is 1. The molecule has 0 fully saturated rings. The van der Waals surface area contributed by atoms with Crippen LogP contribution in [0.15, 0.2) is 44.9 Å². The normalized spacial score (nSPS) is 25.9. The van der Waals surface area contributed by atoms with Gasteiger partial charge in [0.1, 0.15) is 0 Å². The quantitative estimate of drug-likeness (QED) is 0.502. The van der Waals surface area contributed by atoms with Gasteiger partial charge >= 0.3 is 0 Å². The minimum atomic E-state index is -1.43. The number of rotatable bonds is 6. The Morgan fingerprint density at radius 2 is 2.08 bits per heavy atom. The molecular formula is C22H26Br2O2. The lowest BCUT2D eigenvalue weighted by molar-refractivity contribution is -0.137. The first kappa shape index (κ1) is 20.0. The van der Waals surface area contributed by atoms with E-state index in [0.29, 0.717) is 12.3 Å². The molecule has 1 N–H and O–H groups in total. The fraction of sp³-hybridized carbons (Fsp3) is 0.500. The number of carbonyl (C=O) groups is 1. The third-order valence-electron chi connectivity index (χ3n) is 5.82. The molecule has 0 saturated heterocycles. The Morgan fingerprint density at radius 1 is 1.31 bits per heavy atom. The minimum Gasteiger partial charge on any atom is -0.377 e. The molecular weight excluding hydrogens is 456 g/mol. The zero-order valence-corrected chi connectivity index (χ0v) is 18.6. The van der Waals surface area contributed by atoms with Crippen molar-refractivity contribution in [1.82, 2.24) is 0 Å². The molecule has 0 spiro atoms. The van der Waals surface area contributed by atoms with E-state index in [-0.39, 0.29) is 11.7 Å². The van der Waals surface area contributed by atoms with Crippen LogP contribution in [0.5, 0.6) is 0 Å². The van der Waals surface area contributed by atoms with Crippen molar-refractivity contribution in [3.63, 3.8) is 0 Å². The average molecular weight is 482 g/mol. The standard InChI is InChI=1S/C22H26Br2O2/c1-3-5-6-14(4-2)13-22(26)20-12-16(24)8-10-18(20)17-9-7-15(23)11-19(17)21(22)25/h7-8,10-12,14,17,26H,3-6,9,13H2,1-2H3. The summed E-state index contributed by atoms with van der Waals surface area (Å²) < 4.78 is 1.84. The number of carbonyl (C=O) groups excluding carboxylic acids is 1. The summed E-state index contributed by atoms with van der Waals surface area (Å²) in [6.45, 7) is 4.34. The maximum absolute atomic E-state index is 13.4. The Kier molecular flexibility index (Phi) is 6.25. The summed E-state index contributed by atoms with van der Waals surface area (Å²) in [6.07, 6.45) is 9.59. The molecule has 3 unspecified atom stereocenters. The number of aliphatic hydroxyl groups is 1. The van der Waals surface area contributed by atoms with Crippen LogP contribution in [-0.4, -0.2) is 10.9 Å². The molecule has 2 aliphatic carbocycles. The van der Waals surface area contributed by atoms with E-state index >= 15 is 0 Å². The molecule has 0 saturated carbocycles. The molecule has 2 aliphatic rings. The van der Waals surface area contributed by atoms with Crippen LogP contribution < -0.4 is 0 Å². The molecule has 0 aliphatic heterocycles. The molecule has 1 aromatic rings. The summed E-state index contributed by atoms with van der Waals surface area (Å²) in [6, 6.07) is 6.02. The first-order valence-corrected chi connectivity index (χ1v) is 11.1. The number of halogens is 2. The van der Waals surface area contributed by atoms with Gasteiger partial charge in [-0.15, -0.1) is 0 Å². The first-order valence-electron chi connectivity index (χ1n) is 9.55. The molecule has 26 heavy (non-hydrogen) atoms. The lowest BCUT2D eigenvalue weighted by Gasteiger charge is -2.41. The molecule has 2 nitrogen and oxygen atoms in total. The van der Waals surface area contributed by atoms with Gasteiger partial charge in [0.15, 0.2) is 11.4 Å². The van der Waals surface area contributed by atoms with E-state index in [2.05, 4.69) is 57.8 Å². The highest BCUT2D eigenvalue weighted by Gasteiger charge is 2.49. The Labute approximate surface area is 173 Å². The smallest absolute Gasteiger partial charge is 0.195 e. The number of allylic oxidation sites excluding steroid dienone is 3. The first-order chi connectivity index (χ1) is 12.4. The summed E-state index contributed by atoms with van der Waals surface area (Å²) in [7, 11) is 0. The van der Waals surface area contributed by atoms with Gasteiger partial charge in [0.05, 0.1) is 0 Å². The van der Waals surface area contributed by atoms with Gasteiger partial charge in [-0.2, -0.15) is 0 Å². The molecule has 4 heteroatoms. The van der Waals surface area contributed by atoms with Crippen molar-refractivity contribution in [2.75, 3.05) is 0 Å². The minimum absolute atomic E-state index is 0.0443. The predicted molar refractivity (Wildman–Crippen MR) is 113 cm³/mol. The summed E-state index contributed by atoms with van der Waals surface area (Å²) in [4.78, 5) is 13.4. The Hall–Kier alpha value is -0.710. The Morgan fingerprint density at radius 3 is 2.77 bits per heavy atom. The van der Waals surface area contributed by atoms with Crippen LogP contribution >= 0.6 is 31.9 Å². The number of hydrogen-bond acceptors (Lipinski definition) is 2. The van der Waals surface area contributed by atoms with Crippen LogP contribution in [0.1, 0.15) is 69.4 Å². The highest BCUT2D eigenvalue weighted by atomic mass is 79.9. The van der Waals surface area contributed by atoms with Crippen molar-refractivity contribution in [2.45, 2.75) is 63.9 Å². The van der Waals surface area contributed by atoms with Crippen LogP contribution in [0.2, 0.25) is 0 Å². The van der Waals surface area contributed by atoms with E-state index in [1.54, 1.807) is 0 Å². The number of Topliss-reactive ketones (excluding diaryl/α,β-unsaturated/α-hetero) is 1. The lowest BCUT2D eigenvalue weighted by Crippen LogP contribution is -2.44. The SMILES string of the molecule is CCCCC(CC)CC1(O)C(=O)C2=CC(Br)=CCC2c2ccc(Br)cc21. The maximum Gasteiger partial charge on any atom is 0.195 e. The highest BCUT2D eigenvalue weighted by molar-refractivity contribution is 9.12. The maximum atomic E-state index is 13.4. The Balaban J connectivity index is 2.08. The number of unbranched alkanes of at least 4 members (excludes halogenated alkanes) is 1. The van der Waals surface area contributed by atoms with Crippen LogP contribution in [-0.2, 0) is 10.4 Å². The molecule has 0 heterocycles. The molecule has 0 radical (unpaired) electrons. The van der Waals surface area contributed by atoms with Gasteiger partial charge in [-0.3, -0.25) is 4.79 Å². The zero-order chi connectivity index (χ0) is 18.9. The number of benzene rings is 1. The van der Waals surface area contributed by atoms with Gasteiger partial charge in [-0.1, -0.05) is 83.5 Å². The van der Waals surface area contributed by atoms with Crippen molar-refractivity contribution >= 4 is 37.6 Å². The summed E-state index contributed by atoms with van der Waals surface area (Å²) in [5.41, 5.74) is 1.19. The number of hydrogen-bond donors (Lipinski definition) is 1. The third kappa shape index (κ3) is 3.65. The molecule has 3 atom stereocenters. The molecule has 3 rings (SSSR count). The second-order valence-corrected chi connectivity index (χ2v) is 9.35. The van der Waals surface area contributed by atoms with E-state index < -0.39 is 5.60 Å².